The highest BCUT2D eigenvalue weighted by Gasteiger charge is 2.41. The molecule has 0 rings (SSSR count). The molecular formula is C24H44O7. The third kappa shape index (κ3) is 17.7. The maximum Gasteiger partial charge on any atom is 0.336 e. The van der Waals surface area contributed by atoms with Gasteiger partial charge in [0.15, 0.2) is 5.60 Å². The molecule has 0 amide bonds. The molecule has 0 aliphatic rings. The van der Waals surface area contributed by atoms with Crippen LogP contribution in [0, 0.1) is 0 Å². The summed E-state index contributed by atoms with van der Waals surface area (Å²) in [5.41, 5.74) is -2.63. The molecule has 0 aliphatic heterocycles. The number of hydrogen-bond acceptors (Lipinski definition) is 5. The molecule has 0 spiro atoms. The van der Waals surface area contributed by atoms with E-state index in [1.807, 2.05) is 0 Å². The number of ether oxygens (including phenoxy) is 1. The van der Waals surface area contributed by atoms with Gasteiger partial charge in [0, 0.05) is 0 Å². The number of carbonyl (C=O) groups is 3. The van der Waals surface area contributed by atoms with Gasteiger partial charge >= 0.3 is 17.9 Å². The van der Waals surface area contributed by atoms with Gasteiger partial charge in [-0.05, 0) is 6.42 Å². The molecule has 0 saturated heterocycles. The first-order chi connectivity index (χ1) is 14.8. The zero-order valence-electron chi connectivity index (χ0n) is 19.4. The summed E-state index contributed by atoms with van der Waals surface area (Å²) in [6.45, 7) is 2.40. The highest BCUT2D eigenvalue weighted by molar-refractivity contribution is 5.88. The first-order valence-corrected chi connectivity index (χ1v) is 12.1. The summed E-state index contributed by atoms with van der Waals surface area (Å²) in [7, 11) is 0. The van der Waals surface area contributed by atoms with Crippen molar-refractivity contribution < 1.29 is 34.4 Å². The molecule has 0 bridgehead atoms. The smallest absolute Gasteiger partial charge is 0.336 e. The molecule has 0 aliphatic carbocycles. The second-order valence-electron chi connectivity index (χ2n) is 8.61. The van der Waals surface area contributed by atoms with Crippen molar-refractivity contribution in [3.8, 4) is 0 Å². The predicted octanol–water partition coefficient (Wildman–Crippen LogP) is 5.47. The van der Waals surface area contributed by atoms with Gasteiger partial charge in [-0.2, -0.15) is 0 Å². The highest BCUT2D eigenvalue weighted by atomic mass is 16.5. The van der Waals surface area contributed by atoms with Crippen molar-refractivity contribution in [3.63, 3.8) is 0 Å². The van der Waals surface area contributed by atoms with Crippen LogP contribution in [0.5, 0.6) is 0 Å². The lowest BCUT2D eigenvalue weighted by Gasteiger charge is -2.20. The Morgan fingerprint density at radius 3 is 1.39 bits per heavy atom. The van der Waals surface area contributed by atoms with E-state index in [-0.39, 0.29) is 6.61 Å². The van der Waals surface area contributed by atoms with Crippen LogP contribution in [-0.4, -0.2) is 45.4 Å². The first kappa shape index (κ1) is 29.4. The third-order valence-corrected chi connectivity index (χ3v) is 5.54. The first-order valence-electron chi connectivity index (χ1n) is 12.1. The van der Waals surface area contributed by atoms with Crippen LogP contribution in [0.4, 0.5) is 0 Å². The normalized spacial score (nSPS) is 13.0. The Hall–Kier alpha value is -1.63. The minimum Gasteiger partial charge on any atom is -0.481 e. The SMILES string of the molecule is CCCCCCCCCCCCCCCCCCOC(=O)C[C@](O)(CC(=O)O)C(=O)O. The molecule has 0 saturated carbocycles. The lowest BCUT2D eigenvalue weighted by Crippen LogP contribution is -2.43. The van der Waals surface area contributed by atoms with Crippen LogP contribution < -0.4 is 0 Å². The van der Waals surface area contributed by atoms with Crippen molar-refractivity contribution >= 4 is 17.9 Å². The summed E-state index contributed by atoms with van der Waals surface area (Å²) >= 11 is 0. The molecule has 0 radical (unpaired) electrons. The molecule has 7 nitrogen and oxygen atoms in total. The standard InChI is InChI=1S/C24H44O7/c1-2-3-4-5-6-7-8-9-10-11-12-13-14-15-16-17-18-31-22(27)20-24(30,23(28)29)19-21(25)26/h30H,2-20H2,1H3,(H,25,26)(H,28,29)/t24-/m1/s1. The van der Waals surface area contributed by atoms with E-state index >= 15 is 0 Å². The molecule has 0 unspecified atom stereocenters. The number of aliphatic hydroxyl groups is 1. The lowest BCUT2D eigenvalue weighted by atomic mass is 9.96. The highest BCUT2D eigenvalue weighted by Crippen LogP contribution is 2.17. The molecule has 3 N–H and O–H groups in total. The molecule has 0 aromatic rings. The molecule has 7 heteroatoms. The number of carboxylic acid groups (broad SMARTS) is 2. The van der Waals surface area contributed by atoms with Crippen molar-refractivity contribution in [2.75, 3.05) is 6.61 Å². The topological polar surface area (TPSA) is 121 Å². The molecule has 1 atom stereocenters. The molecular weight excluding hydrogens is 400 g/mol. The monoisotopic (exact) mass is 444 g/mol. The minimum absolute atomic E-state index is 0.153. The van der Waals surface area contributed by atoms with Gasteiger partial charge in [0.2, 0.25) is 0 Å². The second kappa shape index (κ2) is 19.1. The van der Waals surface area contributed by atoms with Crippen LogP contribution in [0.15, 0.2) is 0 Å². The van der Waals surface area contributed by atoms with Gasteiger partial charge in [-0.3, -0.25) is 9.59 Å². The number of aliphatic carboxylic acids is 2. The largest absolute Gasteiger partial charge is 0.481 e. The van der Waals surface area contributed by atoms with E-state index in [1.165, 1.54) is 77.0 Å². The maximum atomic E-state index is 11.7. The zero-order chi connectivity index (χ0) is 23.4. The van der Waals surface area contributed by atoms with Gasteiger partial charge in [-0.15, -0.1) is 0 Å². The number of rotatable bonds is 22. The Bertz CT molecular complexity index is 492. The maximum absolute atomic E-state index is 11.7. The fourth-order valence-electron chi connectivity index (χ4n) is 3.59. The molecule has 182 valence electrons. The second-order valence-corrected chi connectivity index (χ2v) is 8.61. The van der Waals surface area contributed by atoms with E-state index in [1.54, 1.807) is 0 Å². The number of unbranched alkanes of at least 4 members (excludes halogenated alkanes) is 15. The van der Waals surface area contributed by atoms with Crippen molar-refractivity contribution in [1.29, 1.82) is 0 Å². The minimum atomic E-state index is -2.63. The summed E-state index contributed by atoms with van der Waals surface area (Å²) in [6, 6.07) is 0. The van der Waals surface area contributed by atoms with E-state index in [4.69, 9.17) is 14.9 Å². The van der Waals surface area contributed by atoms with Crippen LogP contribution in [0.25, 0.3) is 0 Å². The van der Waals surface area contributed by atoms with E-state index < -0.39 is 36.4 Å². The molecule has 0 heterocycles. The van der Waals surface area contributed by atoms with Crippen molar-refractivity contribution in [1.82, 2.24) is 0 Å². The molecule has 31 heavy (non-hydrogen) atoms. The lowest BCUT2D eigenvalue weighted by molar-refractivity contribution is -0.172. The Morgan fingerprint density at radius 2 is 1.03 bits per heavy atom. The van der Waals surface area contributed by atoms with Crippen molar-refractivity contribution in [2.45, 2.75) is 128 Å². The summed E-state index contributed by atoms with van der Waals surface area (Å²) < 4.78 is 4.93. The van der Waals surface area contributed by atoms with Gasteiger partial charge in [-0.1, -0.05) is 103 Å². The predicted molar refractivity (Wildman–Crippen MR) is 120 cm³/mol. The summed E-state index contributed by atoms with van der Waals surface area (Å²) in [5.74, 6) is -4.13. The van der Waals surface area contributed by atoms with Gasteiger partial charge in [-0.25, -0.2) is 4.79 Å². The fourth-order valence-corrected chi connectivity index (χ4v) is 3.59. The number of hydrogen-bond donors (Lipinski definition) is 3. The van der Waals surface area contributed by atoms with Crippen LogP contribution in [0.3, 0.4) is 0 Å². The van der Waals surface area contributed by atoms with Crippen molar-refractivity contribution in [2.24, 2.45) is 0 Å². The summed E-state index contributed by atoms with van der Waals surface area (Å²) in [5, 5.41) is 27.4. The van der Waals surface area contributed by atoms with E-state index in [0.717, 1.165) is 19.3 Å². The third-order valence-electron chi connectivity index (χ3n) is 5.54. The van der Waals surface area contributed by atoms with Crippen LogP contribution in [0.1, 0.15) is 122 Å². The van der Waals surface area contributed by atoms with Crippen LogP contribution in [0.2, 0.25) is 0 Å². The average molecular weight is 445 g/mol. The number of carbonyl (C=O) groups excluding carboxylic acids is 1. The Morgan fingerprint density at radius 1 is 0.645 bits per heavy atom. The van der Waals surface area contributed by atoms with E-state index in [2.05, 4.69) is 6.92 Å². The average Bonchev–Trinajstić information content (AvgIpc) is 2.69. The number of esters is 1. The van der Waals surface area contributed by atoms with E-state index in [0.29, 0.717) is 6.42 Å². The van der Waals surface area contributed by atoms with E-state index in [9.17, 15) is 19.5 Å². The molecule has 0 fully saturated rings. The van der Waals surface area contributed by atoms with Gasteiger partial charge < -0.3 is 20.1 Å². The zero-order valence-corrected chi connectivity index (χ0v) is 19.4. The van der Waals surface area contributed by atoms with Crippen LogP contribution in [-0.2, 0) is 19.1 Å². The Labute approximate surface area is 187 Å². The summed E-state index contributed by atoms with van der Waals surface area (Å²) in [4.78, 5) is 33.3. The number of carboxylic acids is 2. The van der Waals surface area contributed by atoms with Gasteiger partial charge in [0.1, 0.15) is 0 Å². The fraction of sp³-hybridized carbons (Fsp3) is 0.875. The quantitative estimate of drug-likeness (QED) is 0.149. The molecule has 0 aromatic carbocycles. The Balaban J connectivity index is 3.49. The summed E-state index contributed by atoms with van der Waals surface area (Å²) in [6.07, 6.45) is 18.0. The van der Waals surface area contributed by atoms with Crippen molar-refractivity contribution in [3.05, 3.63) is 0 Å². The molecule has 0 aromatic heterocycles. The van der Waals surface area contributed by atoms with Gasteiger partial charge in [0.05, 0.1) is 19.4 Å². The van der Waals surface area contributed by atoms with Gasteiger partial charge in [0.25, 0.3) is 0 Å². The van der Waals surface area contributed by atoms with Crippen LogP contribution >= 0.6 is 0 Å². The Kier molecular flexibility index (Phi) is 18.1.